The summed E-state index contributed by atoms with van der Waals surface area (Å²) in [6.45, 7) is 2.81. The summed E-state index contributed by atoms with van der Waals surface area (Å²) in [7, 11) is 5.81. The van der Waals surface area contributed by atoms with Gasteiger partial charge in [0.05, 0.1) is 0 Å². The second-order valence-electron chi connectivity index (χ2n) is 4.76. The standard InChI is InChI=1S/C11H28N4O2S/c1-12-8-6-10-14(4)18(16,17)15(5)11-7-9-13(2)3/h12H,6-11H2,1-5H3. The monoisotopic (exact) mass is 280 g/mol. The number of hydrogen-bond donors (Lipinski definition) is 1. The van der Waals surface area contributed by atoms with E-state index in [-0.39, 0.29) is 0 Å². The second-order valence-corrected chi connectivity index (χ2v) is 6.91. The van der Waals surface area contributed by atoms with Gasteiger partial charge in [-0.3, -0.25) is 0 Å². The van der Waals surface area contributed by atoms with Gasteiger partial charge in [-0.25, -0.2) is 0 Å². The Kier molecular flexibility index (Phi) is 8.71. The molecule has 0 bridgehead atoms. The Morgan fingerprint density at radius 2 is 1.39 bits per heavy atom. The van der Waals surface area contributed by atoms with Crippen LogP contribution in [0.4, 0.5) is 0 Å². The Hall–Kier alpha value is -0.210. The Morgan fingerprint density at radius 1 is 0.889 bits per heavy atom. The van der Waals surface area contributed by atoms with Gasteiger partial charge in [-0.2, -0.15) is 17.0 Å². The van der Waals surface area contributed by atoms with Crippen LogP contribution in [0.3, 0.4) is 0 Å². The molecule has 1 N–H and O–H groups in total. The van der Waals surface area contributed by atoms with Crippen LogP contribution in [0.5, 0.6) is 0 Å². The van der Waals surface area contributed by atoms with Crippen molar-refractivity contribution in [3.05, 3.63) is 0 Å². The number of rotatable bonds is 10. The third-order valence-corrected chi connectivity index (χ3v) is 4.71. The molecule has 7 heteroatoms. The zero-order valence-electron chi connectivity index (χ0n) is 12.3. The van der Waals surface area contributed by atoms with E-state index >= 15 is 0 Å². The Morgan fingerprint density at radius 3 is 1.83 bits per heavy atom. The molecule has 0 aliphatic rings. The van der Waals surface area contributed by atoms with Crippen LogP contribution in [-0.4, -0.2) is 83.3 Å². The maximum absolute atomic E-state index is 12.1. The van der Waals surface area contributed by atoms with Crippen molar-refractivity contribution >= 4 is 10.2 Å². The first-order valence-corrected chi connectivity index (χ1v) is 7.69. The van der Waals surface area contributed by atoms with Crippen LogP contribution < -0.4 is 5.32 Å². The minimum Gasteiger partial charge on any atom is -0.320 e. The molecule has 0 aliphatic carbocycles. The van der Waals surface area contributed by atoms with Gasteiger partial charge >= 0.3 is 0 Å². The van der Waals surface area contributed by atoms with E-state index in [0.717, 1.165) is 25.9 Å². The van der Waals surface area contributed by atoms with Crippen LogP contribution in [0.25, 0.3) is 0 Å². The van der Waals surface area contributed by atoms with E-state index in [1.165, 1.54) is 8.61 Å². The fourth-order valence-corrected chi connectivity index (χ4v) is 2.75. The lowest BCUT2D eigenvalue weighted by atomic mass is 10.4. The highest BCUT2D eigenvalue weighted by Crippen LogP contribution is 2.05. The van der Waals surface area contributed by atoms with Crippen molar-refractivity contribution in [3.8, 4) is 0 Å². The van der Waals surface area contributed by atoms with E-state index in [9.17, 15) is 8.42 Å². The van der Waals surface area contributed by atoms with Gasteiger partial charge in [-0.05, 0) is 47.1 Å². The summed E-state index contributed by atoms with van der Waals surface area (Å²) < 4.78 is 27.1. The molecule has 0 amide bonds. The van der Waals surface area contributed by atoms with Crippen LogP contribution in [0.1, 0.15) is 12.8 Å². The molecular weight excluding hydrogens is 252 g/mol. The molecule has 0 aromatic rings. The van der Waals surface area contributed by atoms with Gasteiger partial charge in [-0.1, -0.05) is 0 Å². The predicted octanol–water partition coefficient (Wildman–Crippen LogP) is -0.344. The predicted molar refractivity (Wildman–Crippen MR) is 75.9 cm³/mol. The van der Waals surface area contributed by atoms with Crippen LogP contribution in [0.2, 0.25) is 0 Å². The topological polar surface area (TPSA) is 55.9 Å². The molecule has 18 heavy (non-hydrogen) atoms. The highest BCUT2D eigenvalue weighted by molar-refractivity contribution is 7.86. The summed E-state index contributed by atoms with van der Waals surface area (Å²) in [5.74, 6) is 0. The highest BCUT2D eigenvalue weighted by atomic mass is 32.2. The lowest BCUT2D eigenvalue weighted by molar-refractivity contribution is 0.351. The zero-order chi connectivity index (χ0) is 14.2. The van der Waals surface area contributed by atoms with Crippen molar-refractivity contribution in [1.29, 1.82) is 0 Å². The van der Waals surface area contributed by atoms with E-state index in [1.54, 1.807) is 14.1 Å². The van der Waals surface area contributed by atoms with Gasteiger partial charge in [0, 0.05) is 27.2 Å². The minimum absolute atomic E-state index is 0.543. The summed E-state index contributed by atoms with van der Waals surface area (Å²) in [6.07, 6.45) is 1.66. The van der Waals surface area contributed by atoms with Crippen molar-refractivity contribution in [2.45, 2.75) is 12.8 Å². The summed E-state index contributed by atoms with van der Waals surface area (Å²) in [5.41, 5.74) is 0. The second kappa shape index (κ2) is 8.82. The van der Waals surface area contributed by atoms with Gasteiger partial charge in [0.25, 0.3) is 10.2 Å². The summed E-state index contributed by atoms with van der Waals surface area (Å²) >= 11 is 0. The maximum atomic E-state index is 12.1. The van der Waals surface area contributed by atoms with Crippen molar-refractivity contribution < 1.29 is 8.42 Å². The van der Waals surface area contributed by atoms with E-state index in [0.29, 0.717) is 13.1 Å². The molecule has 0 rings (SSSR count). The van der Waals surface area contributed by atoms with Gasteiger partial charge in [0.2, 0.25) is 0 Å². The molecule has 0 fully saturated rings. The summed E-state index contributed by atoms with van der Waals surface area (Å²) in [5, 5.41) is 3.01. The SMILES string of the molecule is CNCCCN(C)S(=O)(=O)N(C)CCCN(C)C. The third kappa shape index (κ3) is 6.65. The number of hydrogen-bond acceptors (Lipinski definition) is 4. The largest absolute Gasteiger partial charge is 0.320 e. The molecule has 0 radical (unpaired) electrons. The minimum atomic E-state index is -3.30. The first-order chi connectivity index (χ1) is 8.32. The first kappa shape index (κ1) is 17.8. The molecule has 0 spiro atoms. The Labute approximate surface area is 112 Å². The third-order valence-electron chi connectivity index (χ3n) is 2.77. The Bertz CT molecular complexity index is 306. The smallest absolute Gasteiger partial charge is 0.281 e. The number of nitrogens with zero attached hydrogens (tertiary/aromatic N) is 3. The van der Waals surface area contributed by atoms with Gasteiger partial charge in [0.1, 0.15) is 0 Å². The molecule has 0 unspecified atom stereocenters. The average Bonchev–Trinajstić information content (AvgIpc) is 2.28. The van der Waals surface area contributed by atoms with Crippen LogP contribution in [0, 0.1) is 0 Å². The molecule has 0 atom stereocenters. The van der Waals surface area contributed by atoms with Crippen LogP contribution in [0.15, 0.2) is 0 Å². The van der Waals surface area contributed by atoms with Crippen molar-refractivity contribution in [2.75, 3.05) is 61.4 Å². The summed E-state index contributed by atoms with van der Waals surface area (Å²) in [4.78, 5) is 2.05. The fraction of sp³-hybridized carbons (Fsp3) is 1.00. The fourth-order valence-electron chi connectivity index (χ4n) is 1.56. The van der Waals surface area contributed by atoms with Crippen molar-refractivity contribution in [3.63, 3.8) is 0 Å². The lowest BCUT2D eigenvalue weighted by Gasteiger charge is -2.24. The molecule has 0 heterocycles. The molecule has 0 saturated carbocycles. The van der Waals surface area contributed by atoms with E-state index in [2.05, 4.69) is 10.2 Å². The van der Waals surface area contributed by atoms with Crippen molar-refractivity contribution in [1.82, 2.24) is 18.8 Å². The quantitative estimate of drug-likeness (QED) is 0.556. The summed E-state index contributed by atoms with van der Waals surface area (Å²) in [6, 6.07) is 0. The lowest BCUT2D eigenvalue weighted by Crippen LogP contribution is -2.41. The van der Waals surface area contributed by atoms with E-state index in [4.69, 9.17) is 0 Å². The van der Waals surface area contributed by atoms with Crippen molar-refractivity contribution in [2.24, 2.45) is 0 Å². The van der Waals surface area contributed by atoms with Crippen LogP contribution >= 0.6 is 0 Å². The van der Waals surface area contributed by atoms with Gasteiger partial charge in [-0.15, -0.1) is 0 Å². The normalized spacial score (nSPS) is 12.9. The van der Waals surface area contributed by atoms with Gasteiger partial charge in [0.15, 0.2) is 0 Å². The molecule has 0 aliphatic heterocycles. The highest BCUT2D eigenvalue weighted by Gasteiger charge is 2.22. The number of nitrogens with one attached hydrogen (secondary N) is 1. The zero-order valence-corrected chi connectivity index (χ0v) is 13.1. The van der Waals surface area contributed by atoms with Gasteiger partial charge < -0.3 is 10.2 Å². The first-order valence-electron chi connectivity index (χ1n) is 6.29. The molecule has 0 aromatic heterocycles. The van der Waals surface area contributed by atoms with E-state index < -0.39 is 10.2 Å². The molecular formula is C11H28N4O2S. The molecule has 6 nitrogen and oxygen atoms in total. The Balaban J connectivity index is 4.16. The molecule has 110 valence electrons. The van der Waals surface area contributed by atoms with Crippen LogP contribution in [-0.2, 0) is 10.2 Å². The molecule has 0 aromatic carbocycles. The van der Waals surface area contributed by atoms with E-state index in [1.807, 2.05) is 21.1 Å². The molecule has 0 saturated heterocycles. The average molecular weight is 280 g/mol. The maximum Gasteiger partial charge on any atom is 0.281 e.